The predicted molar refractivity (Wildman–Crippen MR) is 78.8 cm³/mol. The van der Waals surface area contributed by atoms with E-state index in [0.717, 1.165) is 0 Å². The van der Waals surface area contributed by atoms with Crippen LogP contribution in [-0.2, 0) is 28.6 Å². The van der Waals surface area contributed by atoms with Gasteiger partial charge in [-0.15, -0.1) is 0 Å². The molecule has 1 saturated heterocycles. The van der Waals surface area contributed by atoms with E-state index >= 15 is 0 Å². The Morgan fingerprint density at radius 2 is 1.64 bits per heavy atom. The molecule has 1 rings (SSSR count). The number of rotatable bonds is 4. The van der Waals surface area contributed by atoms with E-state index in [1.165, 1.54) is 6.92 Å². The molecule has 0 N–H and O–H groups in total. The summed E-state index contributed by atoms with van der Waals surface area (Å²) in [5.74, 6) is -2.97. The summed E-state index contributed by atoms with van der Waals surface area (Å²) in [6.45, 7) is 12.0. The average Bonchev–Trinajstić information content (AvgIpc) is 2.29. The molecule has 1 fully saturated rings. The summed E-state index contributed by atoms with van der Waals surface area (Å²) < 4.78 is 15.7. The summed E-state index contributed by atoms with van der Waals surface area (Å²) in [5.41, 5.74) is -1.23. The van der Waals surface area contributed by atoms with Gasteiger partial charge in [-0.3, -0.25) is 9.59 Å². The maximum absolute atomic E-state index is 12.1. The molecular weight excluding hydrogens is 288 g/mol. The van der Waals surface area contributed by atoms with E-state index in [-0.39, 0.29) is 18.6 Å². The molecular formula is C16H24O6. The van der Waals surface area contributed by atoms with E-state index in [1.807, 2.05) is 0 Å². The van der Waals surface area contributed by atoms with Gasteiger partial charge in [-0.2, -0.15) is 0 Å². The molecule has 124 valence electrons. The Bertz CT molecular complexity index is 461. The number of carbonyl (C=O) groups excluding carboxylic acids is 3. The maximum atomic E-state index is 12.1. The Morgan fingerprint density at radius 3 is 2.05 bits per heavy atom. The molecule has 1 aliphatic heterocycles. The van der Waals surface area contributed by atoms with E-state index in [4.69, 9.17) is 14.2 Å². The third-order valence-electron chi connectivity index (χ3n) is 3.16. The highest BCUT2D eigenvalue weighted by molar-refractivity contribution is 5.95. The second-order valence-electron chi connectivity index (χ2n) is 6.80. The van der Waals surface area contributed by atoms with E-state index in [2.05, 4.69) is 6.58 Å². The molecule has 0 bridgehead atoms. The van der Waals surface area contributed by atoms with Crippen LogP contribution < -0.4 is 0 Å². The van der Waals surface area contributed by atoms with Crippen LogP contribution in [-0.4, -0.2) is 35.7 Å². The molecule has 0 aliphatic carbocycles. The van der Waals surface area contributed by atoms with E-state index in [1.54, 1.807) is 27.7 Å². The van der Waals surface area contributed by atoms with Gasteiger partial charge in [0.15, 0.2) is 5.92 Å². The maximum Gasteiger partial charge on any atom is 0.333 e. The van der Waals surface area contributed by atoms with Crippen molar-refractivity contribution in [3.05, 3.63) is 12.2 Å². The Hall–Kier alpha value is -1.85. The summed E-state index contributed by atoms with van der Waals surface area (Å²) in [6, 6.07) is 0. The summed E-state index contributed by atoms with van der Waals surface area (Å²) in [7, 11) is 0. The van der Waals surface area contributed by atoms with Crippen molar-refractivity contribution in [1.82, 2.24) is 0 Å². The zero-order chi connectivity index (χ0) is 17.1. The third kappa shape index (κ3) is 5.16. The molecule has 1 heterocycles. The molecule has 22 heavy (non-hydrogen) atoms. The van der Waals surface area contributed by atoms with Gasteiger partial charge in [-0.1, -0.05) is 6.58 Å². The van der Waals surface area contributed by atoms with Gasteiger partial charge in [0, 0.05) is 18.4 Å². The fourth-order valence-electron chi connectivity index (χ4n) is 2.51. The Labute approximate surface area is 130 Å². The SMILES string of the molecule is C=C(C)C(=O)OCCC1C(=O)OC(C)(C)CC(C)(C)OC1=O. The van der Waals surface area contributed by atoms with Crippen LogP contribution in [0.15, 0.2) is 12.2 Å². The second kappa shape index (κ2) is 6.50. The first-order valence-corrected chi connectivity index (χ1v) is 7.22. The van der Waals surface area contributed by atoms with Crippen molar-refractivity contribution in [2.24, 2.45) is 5.92 Å². The highest BCUT2D eigenvalue weighted by Gasteiger charge is 2.43. The molecule has 0 aromatic heterocycles. The van der Waals surface area contributed by atoms with Gasteiger partial charge in [-0.05, 0) is 34.6 Å². The van der Waals surface area contributed by atoms with Crippen LogP contribution in [0.4, 0.5) is 0 Å². The highest BCUT2D eigenvalue weighted by Crippen LogP contribution is 2.31. The van der Waals surface area contributed by atoms with Gasteiger partial charge < -0.3 is 14.2 Å². The molecule has 0 saturated carbocycles. The van der Waals surface area contributed by atoms with Gasteiger partial charge in [0.05, 0.1) is 6.61 Å². The van der Waals surface area contributed by atoms with Crippen molar-refractivity contribution in [3.8, 4) is 0 Å². The van der Waals surface area contributed by atoms with Gasteiger partial charge in [0.1, 0.15) is 11.2 Å². The van der Waals surface area contributed by atoms with Crippen molar-refractivity contribution in [2.45, 2.75) is 58.7 Å². The van der Waals surface area contributed by atoms with Gasteiger partial charge in [0.25, 0.3) is 0 Å². The first-order chi connectivity index (χ1) is 9.93. The monoisotopic (exact) mass is 312 g/mol. The lowest BCUT2D eigenvalue weighted by Gasteiger charge is -2.38. The topological polar surface area (TPSA) is 78.9 Å². The number of hydrogen-bond acceptors (Lipinski definition) is 6. The molecule has 0 amide bonds. The van der Waals surface area contributed by atoms with Crippen LogP contribution >= 0.6 is 0 Å². The van der Waals surface area contributed by atoms with Crippen LogP contribution in [0.1, 0.15) is 47.5 Å². The summed E-state index contributed by atoms with van der Waals surface area (Å²) in [6.07, 6.45) is 0.414. The van der Waals surface area contributed by atoms with Gasteiger partial charge in [0.2, 0.25) is 0 Å². The number of carbonyl (C=O) groups is 3. The number of cyclic esters (lactones) is 2. The molecule has 6 nitrogen and oxygen atoms in total. The molecule has 0 atom stereocenters. The van der Waals surface area contributed by atoms with Crippen molar-refractivity contribution in [1.29, 1.82) is 0 Å². The number of esters is 3. The standard InChI is InChI=1S/C16H24O6/c1-10(2)12(17)20-8-7-11-13(18)21-15(3,4)9-16(5,6)22-14(11)19/h11H,1,7-9H2,2-6H3. The van der Waals surface area contributed by atoms with Crippen molar-refractivity contribution < 1.29 is 28.6 Å². The van der Waals surface area contributed by atoms with Gasteiger partial charge >= 0.3 is 17.9 Å². The zero-order valence-corrected chi connectivity index (χ0v) is 13.9. The van der Waals surface area contributed by atoms with Gasteiger partial charge in [-0.25, -0.2) is 4.79 Å². The molecule has 0 unspecified atom stereocenters. The summed E-state index contributed by atoms with van der Waals surface area (Å²) in [4.78, 5) is 35.6. The van der Waals surface area contributed by atoms with Crippen molar-refractivity contribution >= 4 is 17.9 Å². The lowest BCUT2D eigenvalue weighted by Crippen LogP contribution is -2.47. The minimum absolute atomic E-state index is 0.0167. The zero-order valence-electron chi connectivity index (χ0n) is 13.9. The van der Waals surface area contributed by atoms with Crippen LogP contribution in [0, 0.1) is 5.92 Å². The molecule has 0 aromatic rings. The fourth-order valence-corrected chi connectivity index (χ4v) is 2.51. The minimum Gasteiger partial charge on any atom is -0.462 e. The van der Waals surface area contributed by atoms with Crippen molar-refractivity contribution in [3.63, 3.8) is 0 Å². The largest absolute Gasteiger partial charge is 0.462 e. The number of ether oxygens (including phenoxy) is 3. The van der Waals surface area contributed by atoms with E-state index in [0.29, 0.717) is 6.42 Å². The fraction of sp³-hybridized carbons (Fsp3) is 0.688. The molecule has 6 heteroatoms. The summed E-state index contributed by atoms with van der Waals surface area (Å²) >= 11 is 0. The lowest BCUT2D eigenvalue weighted by atomic mass is 9.90. The lowest BCUT2D eigenvalue weighted by molar-refractivity contribution is -0.193. The molecule has 0 aromatic carbocycles. The Kier molecular flexibility index (Phi) is 5.38. The Balaban J connectivity index is 2.78. The smallest absolute Gasteiger partial charge is 0.333 e. The third-order valence-corrected chi connectivity index (χ3v) is 3.16. The quantitative estimate of drug-likeness (QED) is 0.342. The van der Waals surface area contributed by atoms with Crippen LogP contribution in [0.5, 0.6) is 0 Å². The predicted octanol–water partition coefficient (Wildman–Crippen LogP) is 2.16. The minimum atomic E-state index is -1.10. The molecule has 0 spiro atoms. The van der Waals surface area contributed by atoms with E-state index in [9.17, 15) is 14.4 Å². The van der Waals surface area contributed by atoms with E-state index < -0.39 is 35.0 Å². The molecule has 1 aliphatic rings. The first-order valence-electron chi connectivity index (χ1n) is 7.22. The molecule has 0 radical (unpaired) electrons. The second-order valence-corrected chi connectivity index (χ2v) is 6.80. The Morgan fingerprint density at radius 1 is 1.18 bits per heavy atom. The van der Waals surface area contributed by atoms with Crippen LogP contribution in [0.25, 0.3) is 0 Å². The van der Waals surface area contributed by atoms with Crippen LogP contribution in [0.2, 0.25) is 0 Å². The van der Waals surface area contributed by atoms with Crippen LogP contribution in [0.3, 0.4) is 0 Å². The van der Waals surface area contributed by atoms with Crippen molar-refractivity contribution in [2.75, 3.05) is 6.61 Å². The first kappa shape index (κ1) is 18.2. The number of hydrogen-bond donors (Lipinski definition) is 0. The average molecular weight is 312 g/mol. The highest BCUT2D eigenvalue weighted by atomic mass is 16.6. The normalized spacial score (nSPS) is 21.1. The summed E-state index contributed by atoms with van der Waals surface area (Å²) in [5, 5.41) is 0.